The van der Waals surface area contributed by atoms with E-state index in [-0.39, 0.29) is 12.1 Å². The third kappa shape index (κ3) is 3.49. The SMILES string of the molecule is CC1CC(c2ncc(Br)[nH]2)N(C(=O)OC(C)(C)C)C1. The van der Waals surface area contributed by atoms with Gasteiger partial charge in [0.05, 0.1) is 12.2 Å². The molecule has 0 spiro atoms. The second kappa shape index (κ2) is 5.15. The summed E-state index contributed by atoms with van der Waals surface area (Å²) < 4.78 is 6.29. The molecule has 1 fully saturated rings. The normalized spacial score (nSPS) is 23.7. The highest BCUT2D eigenvalue weighted by Crippen LogP contribution is 2.35. The Labute approximate surface area is 121 Å². The molecule has 2 unspecified atom stereocenters. The van der Waals surface area contributed by atoms with Gasteiger partial charge < -0.3 is 9.72 Å². The van der Waals surface area contributed by atoms with Crippen molar-refractivity contribution in [3.63, 3.8) is 0 Å². The van der Waals surface area contributed by atoms with Gasteiger partial charge in [0, 0.05) is 6.54 Å². The summed E-state index contributed by atoms with van der Waals surface area (Å²) in [5.74, 6) is 1.25. The number of nitrogens with zero attached hydrogens (tertiary/aromatic N) is 2. The molecule has 19 heavy (non-hydrogen) atoms. The second-order valence-corrected chi connectivity index (χ2v) is 6.96. The van der Waals surface area contributed by atoms with Crippen molar-refractivity contribution in [2.75, 3.05) is 6.54 Å². The molecule has 2 atom stereocenters. The van der Waals surface area contributed by atoms with Crippen LogP contribution in [-0.2, 0) is 4.74 Å². The Morgan fingerprint density at radius 2 is 2.26 bits per heavy atom. The Balaban J connectivity index is 2.16. The number of likely N-dealkylation sites (tertiary alicyclic amines) is 1. The number of rotatable bonds is 1. The zero-order valence-electron chi connectivity index (χ0n) is 11.7. The van der Waals surface area contributed by atoms with Crippen LogP contribution in [0.4, 0.5) is 4.79 Å². The Bertz CT molecular complexity index is 467. The zero-order chi connectivity index (χ0) is 14.2. The Morgan fingerprint density at radius 3 is 2.79 bits per heavy atom. The number of aromatic nitrogens is 2. The predicted molar refractivity (Wildman–Crippen MR) is 75.7 cm³/mol. The summed E-state index contributed by atoms with van der Waals surface area (Å²) in [6.45, 7) is 8.47. The summed E-state index contributed by atoms with van der Waals surface area (Å²) in [7, 11) is 0. The number of hydrogen-bond acceptors (Lipinski definition) is 3. The summed E-state index contributed by atoms with van der Waals surface area (Å²) in [5, 5.41) is 0. The van der Waals surface area contributed by atoms with Gasteiger partial charge in [-0.2, -0.15) is 0 Å². The van der Waals surface area contributed by atoms with Gasteiger partial charge in [-0.1, -0.05) is 6.92 Å². The first-order chi connectivity index (χ1) is 8.76. The van der Waals surface area contributed by atoms with Crippen LogP contribution in [0.3, 0.4) is 0 Å². The fraction of sp³-hybridized carbons (Fsp3) is 0.692. The smallest absolute Gasteiger partial charge is 0.410 e. The molecule has 1 aliphatic rings. The number of H-pyrrole nitrogens is 1. The number of carbonyl (C=O) groups excluding carboxylic acids is 1. The second-order valence-electron chi connectivity index (χ2n) is 6.11. The van der Waals surface area contributed by atoms with Crippen molar-refractivity contribution in [2.24, 2.45) is 5.92 Å². The minimum absolute atomic E-state index is 0.0313. The minimum atomic E-state index is -0.475. The first kappa shape index (κ1) is 14.4. The highest BCUT2D eigenvalue weighted by molar-refractivity contribution is 9.10. The first-order valence-electron chi connectivity index (χ1n) is 6.46. The van der Waals surface area contributed by atoms with E-state index in [1.54, 1.807) is 11.1 Å². The van der Waals surface area contributed by atoms with Crippen molar-refractivity contribution >= 4 is 22.0 Å². The number of nitrogens with one attached hydrogen (secondary N) is 1. The molecular weight excluding hydrogens is 310 g/mol. The zero-order valence-corrected chi connectivity index (χ0v) is 13.3. The molecular formula is C13H20BrN3O2. The number of ether oxygens (including phenoxy) is 1. The van der Waals surface area contributed by atoms with E-state index >= 15 is 0 Å². The Kier molecular flexibility index (Phi) is 3.90. The summed E-state index contributed by atoms with van der Waals surface area (Å²) in [6, 6.07) is -0.0313. The van der Waals surface area contributed by atoms with Crippen LogP contribution in [0, 0.1) is 5.92 Å². The maximum absolute atomic E-state index is 12.2. The highest BCUT2D eigenvalue weighted by atomic mass is 79.9. The van der Waals surface area contributed by atoms with Gasteiger partial charge in [0.25, 0.3) is 0 Å². The van der Waals surface area contributed by atoms with Crippen LogP contribution in [0.2, 0.25) is 0 Å². The van der Waals surface area contributed by atoms with Crippen LogP contribution >= 0.6 is 15.9 Å². The third-order valence-corrected chi connectivity index (χ3v) is 3.42. The largest absolute Gasteiger partial charge is 0.444 e. The Hall–Kier alpha value is -1.04. The van der Waals surface area contributed by atoms with E-state index in [0.717, 1.165) is 16.8 Å². The van der Waals surface area contributed by atoms with Crippen LogP contribution in [0.5, 0.6) is 0 Å². The fourth-order valence-electron chi connectivity index (χ4n) is 2.31. The predicted octanol–water partition coefficient (Wildman–Crippen LogP) is 3.49. The standard InChI is InChI=1S/C13H20BrN3O2/c1-8-5-9(11-15-6-10(14)16-11)17(7-8)12(18)19-13(2,3)4/h6,8-9H,5,7H2,1-4H3,(H,15,16). The topological polar surface area (TPSA) is 58.2 Å². The van der Waals surface area contributed by atoms with Crippen molar-refractivity contribution in [3.8, 4) is 0 Å². The van der Waals surface area contributed by atoms with Crippen molar-refractivity contribution in [2.45, 2.75) is 45.8 Å². The molecule has 0 bridgehead atoms. The van der Waals surface area contributed by atoms with Crippen LogP contribution in [-0.4, -0.2) is 33.1 Å². The summed E-state index contributed by atoms with van der Waals surface area (Å²) in [5.41, 5.74) is -0.475. The number of aromatic amines is 1. The van der Waals surface area contributed by atoms with Crippen molar-refractivity contribution in [1.29, 1.82) is 0 Å². The maximum Gasteiger partial charge on any atom is 0.410 e. The average Bonchev–Trinajstić information content (AvgIpc) is 2.81. The minimum Gasteiger partial charge on any atom is -0.444 e. The van der Waals surface area contributed by atoms with Gasteiger partial charge in [-0.05, 0) is 49.0 Å². The van der Waals surface area contributed by atoms with E-state index in [9.17, 15) is 4.79 Å². The molecule has 1 aromatic rings. The van der Waals surface area contributed by atoms with E-state index in [4.69, 9.17) is 4.74 Å². The lowest BCUT2D eigenvalue weighted by atomic mass is 10.1. The van der Waals surface area contributed by atoms with E-state index < -0.39 is 5.60 Å². The van der Waals surface area contributed by atoms with Crippen molar-refractivity contribution in [1.82, 2.24) is 14.9 Å². The highest BCUT2D eigenvalue weighted by Gasteiger charge is 2.38. The quantitative estimate of drug-likeness (QED) is 0.857. The van der Waals surface area contributed by atoms with Crippen molar-refractivity contribution in [3.05, 3.63) is 16.6 Å². The van der Waals surface area contributed by atoms with Gasteiger partial charge in [-0.3, -0.25) is 4.90 Å². The summed E-state index contributed by atoms with van der Waals surface area (Å²) in [6.07, 6.45) is 2.35. The van der Waals surface area contributed by atoms with Crippen LogP contribution in [0.25, 0.3) is 0 Å². The molecule has 1 saturated heterocycles. The van der Waals surface area contributed by atoms with Gasteiger partial charge >= 0.3 is 6.09 Å². The monoisotopic (exact) mass is 329 g/mol. The average molecular weight is 330 g/mol. The molecule has 1 aromatic heterocycles. The first-order valence-corrected chi connectivity index (χ1v) is 7.25. The molecule has 0 aromatic carbocycles. The molecule has 1 N–H and O–H groups in total. The number of hydrogen-bond donors (Lipinski definition) is 1. The number of halogens is 1. The van der Waals surface area contributed by atoms with Gasteiger partial charge in [-0.15, -0.1) is 0 Å². The van der Waals surface area contributed by atoms with Gasteiger partial charge in [-0.25, -0.2) is 9.78 Å². The van der Waals surface area contributed by atoms with Gasteiger partial charge in [0.15, 0.2) is 0 Å². The van der Waals surface area contributed by atoms with Crippen LogP contribution in [0.15, 0.2) is 10.8 Å². The lowest BCUT2D eigenvalue weighted by Crippen LogP contribution is -2.37. The number of carbonyl (C=O) groups is 1. The molecule has 2 heterocycles. The molecule has 0 aliphatic carbocycles. The van der Waals surface area contributed by atoms with Gasteiger partial charge in [0.2, 0.25) is 0 Å². The van der Waals surface area contributed by atoms with E-state index in [1.807, 2.05) is 20.8 Å². The molecule has 2 rings (SSSR count). The lowest BCUT2D eigenvalue weighted by molar-refractivity contribution is 0.0214. The molecule has 1 aliphatic heterocycles. The molecule has 106 valence electrons. The van der Waals surface area contributed by atoms with Crippen LogP contribution in [0.1, 0.15) is 46.0 Å². The molecule has 1 amide bonds. The lowest BCUT2D eigenvalue weighted by Gasteiger charge is -2.27. The van der Waals surface area contributed by atoms with E-state index in [1.165, 1.54) is 0 Å². The van der Waals surface area contributed by atoms with Crippen LogP contribution < -0.4 is 0 Å². The summed E-state index contributed by atoms with van der Waals surface area (Å²) in [4.78, 5) is 21.5. The fourth-order valence-corrected chi connectivity index (χ4v) is 2.62. The Morgan fingerprint density at radius 1 is 1.58 bits per heavy atom. The van der Waals surface area contributed by atoms with E-state index in [2.05, 4.69) is 32.8 Å². The summed E-state index contributed by atoms with van der Waals surface area (Å²) >= 11 is 3.35. The molecule has 5 nitrogen and oxygen atoms in total. The van der Waals surface area contributed by atoms with Gasteiger partial charge in [0.1, 0.15) is 16.0 Å². The number of amides is 1. The third-order valence-electron chi connectivity index (χ3n) is 3.02. The molecule has 6 heteroatoms. The molecule has 0 radical (unpaired) electrons. The molecule has 0 saturated carbocycles. The van der Waals surface area contributed by atoms with Crippen molar-refractivity contribution < 1.29 is 9.53 Å². The number of imidazole rings is 1. The maximum atomic E-state index is 12.2. The van der Waals surface area contributed by atoms with E-state index in [0.29, 0.717) is 12.5 Å².